The minimum atomic E-state index is 0.759. The van der Waals surface area contributed by atoms with Crippen molar-refractivity contribution in [3.8, 4) is 11.3 Å². The summed E-state index contributed by atoms with van der Waals surface area (Å²) in [4.78, 5) is 13.7. The van der Waals surface area contributed by atoms with Gasteiger partial charge < -0.3 is 5.32 Å². The fourth-order valence-electron chi connectivity index (χ4n) is 2.19. The highest BCUT2D eigenvalue weighted by molar-refractivity contribution is 7.09. The molecule has 0 radical (unpaired) electrons. The average molecular weight is 308 g/mol. The van der Waals surface area contributed by atoms with Crippen molar-refractivity contribution in [2.75, 3.05) is 5.32 Å². The molecule has 7 heteroatoms. The Kier molecular flexibility index (Phi) is 3.24. The molecule has 0 fully saturated rings. The largest absolute Gasteiger partial charge is 0.364 e. The van der Waals surface area contributed by atoms with Gasteiger partial charge in [-0.3, -0.25) is 0 Å². The zero-order chi connectivity index (χ0) is 14.8. The lowest BCUT2D eigenvalue weighted by atomic mass is 10.3. The lowest BCUT2D eigenvalue weighted by molar-refractivity contribution is 0.931. The van der Waals surface area contributed by atoms with E-state index in [9.17, 15) is 0 Å². The van der Waals surface area contributed by atoms with E-state index in [4.69, 9.17) is 0 Å². The molecule has 4 heterocycles. The summed E-state index contributed by atoms with van der Waals surface area (Å²) in [6, 6.07) is 8.01. The normalized spacial score (nSPS) is 10.9. The third-order valence-corrected chi connectivity index (χ3v) is 4.12. The number of fused-ring (bicyclic) bond motifs is 1. The van der Waals surface area contributed by atoms with E-state index in [0.717, 1.165) is 29.3 Å². The van der Waals surface area contributed by atoms with E-state index in [2.05, 4.69) is 36.8 Å². The lowest BCUT2D eigenvalue weighted by Gasteiger charge is -2.05. The van der Waals surface area contributed by atoms with Crippen LogP contribution in [0.5, 0.6) is 0 Å². The van der Waals surface area contributed by atoms with Crippen LogP contribution in [0.1, 0.15) is 4.88 Å². The van der Waals surface area contributed by atoms with Crippen molar-refractivity contribution in [1.29, 1.82) is 0 Å². The predicted molar refractivity (Wildman–Crippen MR) is 85.7 cm³/mol. The Morgan fingerprint density at radius 3 is 2.82 bits per heavy atom. The Labute approximate surface area is 130 Å². The molecule has 0 atom stereocenters. The van der Waals surface area contributed by atoms with Crippen molar-refractivity contribution < 1.29 is 0 Å². The first kappa shape index (κ1) is 12.9. The van der Waals surface area contributed by atoms with E-state index < -0.39 is 0 Å². The van der Waals surface area contributed by atoms with Crippen LogP contribution < -0.4 is 5.32 Å². The van der Waals surface area contributed by atoms with E-state index >= 15 is 0 Å². The maximum absolute atomic E-state index is 4.60. The van der Waals surface area contributed by atoms with Gasteiger partial charge in [0.2, 0.25) is 0 Å². The molecule has 22 heavy (non-hydrogen) atoms. The van der Waals surface area contributed by atoms with Crippen LogP contribution in [0.25, 0.3) is 16.9 Å². The Morgan fingerprint density at radius 2 is 2.00 bits per heavy atom. The fraction of sp³-hybridized carbons (Fsp3) is 0.0667. The van der Waals surface area contributed by atoms with Gasteiger partial charge in [0, 0.05) is 22.8 Å². The van der Waals surface area contributed by atoms with Crippen molar-refractivity contribution in [2.24, 2.45) is 0 Å². The number of anilines is 1. The van der Waals surface area contributed by atoms with Crippen molar-refractivity contribution >= 4 is 22.8 Å². The quantitative estimate of drug-likeness (QED) is 0.628. The van der Waals surface area contributed by atoms with Crippen molar-refractivity contribution in [2.45, 2.75) is 6.54 Å². The first-order valence-electron chi connectivity index (χ1n) is 6.76. The van der Waals surface area contributed by atoms with Gasteiger partial charge in [-0.1, -0.05) is 6.07 Å². The first-order valence-corrected chi connectivity index (χ1v) is 7.64. The zero-order valence-electron chi connectivity index (χ0n) is 11.5. The third-order valence-electron chi connectivity index (χ3n) is 3.24. The van der Waals surface area contributed by atoms with Gasteiger partial charge in [0.1, 0.15) is 12.1 Å². The molecule has 0 bridgehead atoms. The molecule has 0 aliphatic carbocycles. The lowest BCUT2D eigenvalue weighted by Crippen LogP contribution is -2.03. The van der Waals surface area contributed by atoms with Crippen LogP contribution in [0.15, 0.2) is 54.6 Å². The minimum absolute atomic E-state index is 0.759. The standard InChI is InChI=1S/C15H12N6S/c1-2-12(22-5-1)8-18-14-3-4-15-19-9-13(21(15)20-14)11-6-16-10-17-7-11/h1-7,9-10H,8H2,(H,18,20). The fourth-order valence-corrected chi connectivity index (χ4v) is 2.83. The van der Waals surface area contributed by atoms with E-state index in [1.165, 1.54) is 11.2 Å². The Hall–Kier alpha value is -2.80. The number of nitrogens with one attached hydrogen (secondary N) is 1. The van der Waals surface area contributed by atoms with Gasteiger partial charge >= 0.3 is 0 Å². The highest BCUT2D eigenvalue weighted by Gasteiger charge is 2.08. The van der Waals surface area contributed by atoms with Gasteiger partial charge in [0.15, 0.2) is 5.65 Å². The summed E-state index contributed by atoms with van der Waals surface area (Å²) in [5.41, 5.74) is 2.55. The number of rotatable bonds is 4. The van der Waals surface area contributed by atoms with Crippen molar-refractivity contribution in [1.82, 2.24) is 24.6 Å². The smallest absolute Gasteiger partial charge is 0.154 e. The minimum Gasteiger partial charge on any atom is -0.364 e. The second-order valence-corrected chi connectivity index (χ2v) is 5.72. The predicted octanol–water partition coefficient (Wildman–Crippen LogP) is 2.86. The van der Waals surface area contributed by atoms with Crippen LogP contribution in [0.2, 0.25) is 0 Å². The second-order valence-electron chi connectivity index (χ2n) is 4.69. The second kappa shape index (κ2) is 5.53. The van der Waals surface area contributed by atoms with Crippen LogP contribution in [0, 0.1) is 0 Å². The Morgan fingerprint density at radius 1 is 1.09 bits per heavy atom. The molecule has 108 valence electrons. The number of nitrogens with zero attached hydrogens (tertiary/aromatic N) is 5. The molecule has 0 unspecified atom stereocenters. The number of imidazole rings is 1. The summed E-state index contributed by atoms with van der Waals surface area (Å²) in [5, 5.41) is 10.00. The Bertz CT molecular complexity index is 885. The summed E-state index contributed by atoms with van der Waals surface area (Å²) in [6.07, 6.45) is 6.80. The van der Waals surface area contributed by atoms with E-state index in [-0.39, 0.29) is 0 Å². The number of thiophene rings is 1. The molecule has 0 aliphatic heterocycles. The Balaban J connectivity index is 1.67. The van der Waals surface area contributed by atoms with Crippen LogP contribution in [-0.4, -0.2) is 24.6 Å². The van der Waals surface area contributed by atoms with Crippen molar-refractivity contribution in [3.05, 3.63) is 59.4 Å². The molecule has 4 aromatic heterocycles. The molecule has 4 aromatic rings. The van der Waals surface area contributed by atoms with Gasteiger partial charge in [-0.15, -0.1) is 16.4 Å². The number of aromatic nitrogens is 5. The molecule has 6 nitrogen and oxygen atoms in total. The summed E-state index contributed by atoms with van der Waals surface area (Å²) in [6.45, 7) is 0.759. The maximum atomic E-state index is 4.60. The molecule has 4 rings (SSSR count). The van der Waals surface area contributed by atoms with Gasteiger partial charge in [-0.25, -0.2) is 19.5 Å². The number of hydrogen-bond acceptors (Lipinski definition) is 6. The molecular weight excluding hydrogens is 296 g/mol. The van der Waals surface area contributed by atoms with Gasteiger partial charge in [0.05, 0.1) is 18.4 Å². The summed E-state index contributed by atoms with van der Waals surface area (Å²) >= 11 is 1.72. The zero-order valence-corrected chi connectivity index (χ0v) is 12.4. The molecule has 0 amide bonds. The van der Waals surface area contributed by atoms with E-state index in [1.54, 1.807) is 34.4 Å². The van der Waals surface area contributed by atoms with Crippen LogP contribution in [0.3, 0.4) is 0 Å². The van der Waals surface area contributed by atoms with E-state index in [1.807, 2.05) is 18.2 Å². The van der Waals surface area contributed by atoms with Crippen LogP contribution in [-0.2, 0) is 6.54 Å². The summed E-state index contributed by atoms with van der Waals surface area (Å²) in [7, 11) is 0. The molecule has 0 aliphatic rings. The highest BCUT2D eigenvalue weighted by atomic mass is 32.1. The average Bonchev–Trinajstić information content (AvgIpc) is 3.23. The van der Waals surface area contributed by atoms with Gasteiger partial charge in [-0.2, -0.15) is 0 Å². The van der Waals surface area contributed by atoms with Gasteiger partial charge in [-0.05, 0) is 23.6 Å². The molecule has 1 N–H and O–H groups in total. The molecular formula is C15H12N6S. The molecule has 0 aromatic carbocycles. The van der Waals surface area contributed by atoms with Gasteiger partial charge in [0.25, 0.3) is 0 Å². The molecule has 0 spiro atoms. The molecule has 0 saturated carbocycles. The third kappa shape index (κ3) is 2.42. The van der Waals surface area contributed by atoms with E-state index in [0.29, 0.717) is 0 Å². The van der Waals surface area contributed by atoms with Crippen LogP contribution in [0.4, 0.5) is 5.82 Å². The highest BCUT2D eigenvalue weighted by Crippen LogP contribution is 2.19. The molecule has 0 saturated heterocycles. The topological polar surface area (TPSA) is 68.0 Å². The maximum Gasteiger partial charge on any atom is 0.154 e. The summed E-state index contributed by atoms with van der Waals surface area (Å²) < 4.78 is 1.80. The van der Waals surface area contributed by atoms with Crippen LogP contribution >= 0.6 is 11.3 Å². The first-order chi connectivity index (χ1) is 10.9. The SMILES string of the molecule is c1csc(CNc2ccc3ncc(-c4cncnc4)n3n2)c1. The summed E-state index contributed by atoms with van der Waals surface area (Å²) in [5.74, 6) is 0.803. The number of hydrogen-bond donors (Lipinski definition) is 1. The van der Waals surface area contributed by atoms with Crippen molar-refractivity contribution in [3.63, 3.8) is 0 Å². The monoisotopic (exact) mass is 308 g/mol.